The lowest BCUT2D eigenvalue weighted by molar-refractivity contribution is 0.499. The van der Waals surface area contributed by atoms with E-state index in [4.69, 9.17) is 0 Å². The smallest absolute Gasteiger partial charge is 0.0642 e. The first-order valence-electron chi connectivity index (χ1n) is 30.6. The minimum Gasteiger partial charge on any atom is -0.141 e. The lowest BCUT2D eigenvalue weighted by atomic mass is 9.88. The summed E-state index contributed by atoms with van der Waals surface area (Å²) in [4.78, 5) is 6.01. The second-order valence-corrected chi connectivity index (χ2v) is 33.8. The highest BCUT2D eigenvalue weighted by Gasteiger charge is 2.17. The van der Waals surface area contributed by atoms with Crippen LogP contribution in [0.15, 0.2) is 187 Å². The highest BCUT2D eigenvalue weighted by atomic mass is 32.1. The molecule has 0 saturated heterocycles. The number of hydrogen-bond acceptors (Lipinski definition) is 9. The van der Waals surface area contributed by atoms with E-state index in [1.54, 1.807) is 0 Å². The van der Waals surface area contributed by atoms with Crippen LogP contribution in [0.25, 0.3) is 101 Å². The molecular weight excluding hydrogens is 1230 g/mol. The average Bonchev–Trinajstić information content (AvgIpc) is 1.70. The zero-order chi connectivity index (χ0) is 60.9. The van der Waals surface area contributed by atoms with Crippen molar-refractivity contribution in [3.63, 3.8) is 0 Å². The summed E-state index contributed by atoms with van der Waals surface area (Å²) in [6, 6.07) is 65.6. The first-order valence-corrected chi connectivity index (χ1v) is 38.0. The van der Waals surface area contributed by atoms with Crippen LogP contribution in [0.1, 0.15) is 144 Å². The predicted octanol–water partition coefficient (Wildman–Crippen LogP) is 27.4. The summed E-state index contributed by atoms with van der Waals surface area (Å²) < 4.78 is 19.0. The molecule has 87 heavy (non-hydrogen) atoms. The van der Waals surface area contributed by atoms with Crippen molar-refractivity contribution < 1.29 is 0 Å². The van der Waals surface area contributed by atoms with Gasteiger partial charge in [-0.1, -0.05) is 229 Å². The second kappa shape index (κ2) is 28.5. The Hall–Kier alpha value is -5.56. The first-order chi connectivity index (χ1) is 42.1. The number of thiophene rings is 9. The van der Waals surface area contributed by atoms with Gasteiger partial charge < -0.3 is 0 Å². The monoisotopic (exact) mass is 1300 g/mol. The summed E-state index contributed by atoms with van der Waals surface area (Å²) in [7, 11) is 0. The van der Waals surface area contributed by atoms with Crippen molar-refractivity contribution in [2.45, 2.75) is 119 Å². The molecule has 1 unspecified atom stereocenters. The van der Waals surface area contributed by atoms with E-state index in [1.165, 1.54) is 130 Å². The standard InChI is InChI=1S/C15H12S3.C15H16.C13H12S2.C13H16.C11H10S3.C11H12S/c1-8(2)11-7-12-14(17-11)15-13(18-12)9-5-3-4-6-10(9)16-15;1-12(2)13-8-10-15(11-9-13)14-6-4-3-5-7-14;1-8(2)11-7-12-13(15-11)9-5-3-4-6-10(9)14-12;1-10(2)12-8-7-11-5-3-4-6-13(11)9-12;1-6(2)8-5-9-11(14-8)10-7(13-9)3-4-12-10;1-8(2)11-7-9-5-3-4-6-10(9)12-11/h3-8H,1-2H3;3-12H,1-2H3;3-8H,1-2H3;3-7,9-10,12H,8H2,1-2H3;3-6H,1-2H3;3-8H,1-2H3. The molecule has 1 aliphatic carbocycles. The zero-order valence-electron chi connectivity index (χ0n) is 52.0. The van der Waals surface area contributed by atoms with Gasteiger partial charge in [-0.05, 0) is 134 Å². The Morgan fingerprint density at radius 2 is 0.793 bits per heavy atom. The highest BCUT2D eigenvalue weighted by molar-refractivity contribution is 7.41. The van der Waals surface area contributed by atoms with Gasteiger partial charge in [0, 0.05) is 63.2 Å². The molecule has 9 heterocycles. The van der Waals surface area contributed by atoms with Crippen LogP contribution in [0, 0.1) is 11.8 Å². The van der Waals surface area contributed by atoms with E-state index in [2.05, 4.69) is 277 Å². The van der Waals surface area contributed by atoms with E-state index in [0.29, 0.717) is 29.6 Å². The number of hydrogen-bond donors (Lipinski definition) is 0. The maximum absolute atomic E-state index is 2.42. The Bertz CT molecular complexity index is 4780. The van der Waals surface area contributed by atoms with Gasteiger partial charge >= 0.3 is 0 Å². The van der Waals surface area contributed by atoms with E-state index < -0.39 is 0 Å². The summed E-state index contributed by atoms with van der Waals surface area (Å²) in [5.74, 6) is 4.69. The van der Waals surface area contributed by atoms with Crippen LogP contribution in [0.3, 0.4) is 0 Å². The van der Waals surface area contributed by atoms with Crippen molar-refractivity contribution in [1.82, 2.24) is 0 Å². The van der Waals surface area contributed by atoms with Gasteiger partial charge in [0.2, 0.25) is 0 Å². The van der Waals surface area contributed by atoms with Gasteiger partial charge in [0.15, 0.2) is 0 Å². The predicted molar refractivity (Wildman–Crippen MR) is 407 cm³/mol. The topological polar surface area (TPSA) is 0 Å². The molecular formula is C78H78S9. The fourth-order valence-electron chi connectivity index (χ4n) is 10.5. The van der Waals surface area contributed by atoms with Crippen molar-refractivity contribution in [3.8, 4) is 11.1 Å². The molecule has 6 aromatic carbocycles. The van der Waals surface area contributed by atoms with E-state index in [9.17, 15) is 0 Å². The molecule has 0 aliphatic heterocycles. The molecule has 0 spiro atoms. The molecule has 15 aromatic rings. The van der Waals surface area contributed by atoms with E-state index >= 15 is 0 Å². The lowest BCUT2D eigenvalue weighted by Gasteiger charge is -2.17. The van der Waals surface area contributed by atoms with Crippen LogP contribution < -0.4 is 10.4 Å². The van der Waals surface area contributed by atoms with Gasteiger partial charge in [-0.3, -0.25) is 0 Å². The zero-order valence-corrected chi connectivity index (χ0v) is 59.3. The molecule has 444 valence electrons. The largest absolute Gasteiger partial charge is 0.141 e. The van der Waals surface area contributed by atoms with Crippen LogP contribution in [0.4, 0.5) is 0 Å². The van der Waals surface area contributed by atoms with E-state index in [1.807, 2.05) is 108 Å². The fourth-order valence-corrected chi connectivity index (χ4v) is 22.1. The summed E-state index contributed by atoms with van der Waals surface area (Å²) in [5.41, 5.74) is 3.97. The van der Waals surface area contributed by atoms with Gasteiger partial charge in [0.05, 0.1) is 28.2 Å². The molecule has 0 radical (unpaired) electrons. The lowest BCUT2D eigenvalue weighted by Crippen LogP contribution is -2.29. The Labute approximate surface area is 551 Å². The van der Waals surface area contributed by atoms with Crippen LogP contribution >= 0.6 is 102 Å². The fraction of sp³-hybridized carbons (Fsp3) is 0.256. The van der Waals surface area contributed by atoms with Gasteiger partial charge in [0.1, 0.15) is 0 Å². The summed E-state index contributed by atoms with van der Waals surface area (Å²) in [6.45, 7) is 27.1. The minimum atomic E-state index is 0.606. The van der Waals surface area contributed by atoms with Gasteiger partial charge in [-0.2, -0.15) is 0 Å². The third kappa shape index (κ3) is 14.7. The summed E-state index contributed by atoms with van der Waals surface area (Å²) in [6.07, 6.45) is 5.98. The molecule has 0 fully saturated rings. The molecule has 9 heteroatoms. The molecule has 0 bridgehead atoms. The summed E-state index contributed by atoms with van der Waals surface area (Å²) >= 11 is 17.4. The maximum Gasteiger partial charge on any atom is 0.0642 e. The van der Waals surface area contributed by atoms with Crippen LogP contribution in [0.5, 0.6) is 0 Å². The average molecular weight is 1300 g/mol. The third-order valence-corrected chi connectivity index (χ3v) is 28.0. The summed E-state index contributed by atoms with van der Waals surface area (Å²) in [5, 5.41) is 9.24. The first kappa shape index (κ1) is 63.0. The molecule has 0 saturated carbocycles. The molecule has 1 atom stereocenters. The molecule has 1 aliphatic rings. The maximum atomic E-state index is 2.42. The minimum absolute atomic E-state index is 0.606. The van der Waals surface area contributed by atoms with Crippen LogP contribution in [-0.2, 0) is 0 Å². The Kier molecular flexibility index (Phi) is 20.7. The van der Waals surface area contributed by atoms with Crippen molar-refractivity contribution in [1.29, 1.82) is 0 Å². The highest BCUT2D eigenvalue weighted by Crippen LogP contribution is 2.49. The third-order valence-electron chi connectivity index (χ3n) is 15.8. The number of benzene rings is 6. The number of fused-ring (bicyclic) bond motifs is 13. The van der Waals surface area contributed by atoms with Crippen LogP contribution in [0.2, 0.25) is 0 Å². The molecule has 0 N–H and O–H groups in total. The Balaban J connectivity index is 0.000000109. The molecule has 0 nitrogen and oxygen atoms in total. The van der Waals surface area contributed by atoms with E-state index in [-0.39, 0.29) is 0 Å². The molecule has 0 amide bonds. The normalized spacial score (nSPS) is 13.0. The second-order valence-electron chi connectivity index (χ2n) is 24.3. The number of rotatable bonds is 7. The molecule has 16 rings (SSSR count). The van der Waals surface area contributed by atoms with Gasteiger partial charge in [-0.25, -0.2) is 0 Å². The Morgan fingerprint density at radius 1 is 0.322 bits per heavy atom. The van der Waals surface area contributed by atoms with Crippen molar-refractivity contribution in [2.24, 2.45) is 11.8 Å². The molecule has 9 aromatic heterocycles. The van der Waals surface area contributed by atoms with Crippen molar-refractivity contribution in [3.05, 3.63) is 223 Å². The van der Waals surface area contributed by atoms with Crippen LogP contribution in [-0.4, -0.2) is 0 Å². The van der Waals surface area contributed by atoms with E-state index in [0.717, 1.165) is 11.8 Å². The van der Waals surface area contributed by atoms with Gasteiger partial charge in [0.25, 0.3) is 0 Å². The van der Waals surface area contributed by atoms with Gasteiger partial charge in [-0.15, -0.1) is 102 Å². The quantitative estimate of drug-likeness (QED) is 0.149. The SMILES string of the molecule is CC(C)C1C=c2ccccc2=CC1.CC(C)c1cc2ccccc2s1.CC(C)c1cc2sc3c4ccccc4sc3c2s1.CC(C)c1cc2sc3ccccc3c2s1.CC(C)c1cc2sc3ccsc3c2s1.CC(C)c1ccc(-c2ccccc2)cc1. The van der Waals surface area contributed by atoms with Crippen molar-refractivity contribution in [2.75, 3.05) is 0 Å². The van der Waals surface area contributed by atoms with Crippen molar-refractivity contribution >= 4 is 191 Å². The Morgan fingerprint density at radius 3 is 1.40 bits per heavy atom.